The van der Waals surface area contributed by atoms with Gasteiger partial charge in [0.25, 0.3) is 10.5 Å². The van der Waals surface area contributed by atoms with Gasteiger partial charge in [-0.15, -0.1) is 0 Å². The molecule has 66 valence electrons. The van der Waals surface area contributed by atoms with Crippen LogP contribution >= 0.6 is 11.8 Å². The van der Waals surface area contributed by atoms with Crippen LogP contribution in [-0.2, 0) is 20.8 Å². The second kappa shape index (κ2) is 3.92. The zero-order valence-electron chi connectivity index (χ0n) is 5.80. The molecular weight excluding hydrogens is 202 g/mol. The van der Waals surface area contributed by atoms with Crippen LogP contribution < -0.4 is 0 Å². The van der Waals surface area contributed by atoms with Gasteiger partial charge in [-0.1, -0.05) is 0 Å². The Morgan fingerprint density at radius 2 is 2.58 bits per heavy atom. The standard InChI is InChI=1S/C5H5NO4S2/c7-3(8)1-12(10)4-5(9)11-2-6-4/h2,4H,1H2,(H,7,8). The Morgan fingerprint density at radius 1 is 1.92 bits per heavy atom. The van der Waals surface area contributed by atoms with Gasteiger partial charge in [-0.05, 0) is 22.9 Å². The van der Waals surface area contributed by atoms with E-state index in [1.807, 2.05) is 0 Å². The van der Waals surface area contributed by atoms with Crippen LogP contribution in [0.4, 0.5) is 0 Å². The average molecular weight is 207 g/mol. The summed E-state index contributed by atoms with van der Waals surface area (Å²) in [5, 5.41) is 6.93. The van der Waals surface area contributed by atoms with Crippen LogP contribution in [0, 0.1) is 0 Å². The maximum atomic E-state index is 11.0. The third kappa shape index (κ3) is 2.23. The Hall–Kier alpha value is -0.530. The summed E-state index contributed by atoms with van der Waals surface area (Å²) < 4.78 is 11.0. The molecular formula is C5H5NO4S2. The first-order valence-electron chi connectivity index (χ1n) is 2.92. The second-order valence-electron chi connectivity index (χ2n) is 1.96. The summed E-state index contributed by atoms with van der Waals surface area (Å²) >= 11 is -0.879. The number of aliphatic carboxylic acids is 1. The molecule has 0 amide bonds. The molecule has 7 heteroatoms. The number of carboxylic acid groups (broad SMARTS) is 1. The van der Waals surface area contributed by atoms with Crippen LogP contribution in [0.1, 0.15) is 0 Å². The highest BCUT2D eigenvalue weighted by Gasteiger charge is 2.34. The number of nitrogens with zero attached hydrogens (tertiary/aromatic N) is 1. The number of hydrogen-bond donors (Lipinski definition) is 1. The van der Waals surface area contributed by atoms with Gasteiger partial charge in [0.15, 0.2) is 0 Å². The lowest BCUT2D eigenvalue weighted by molar-refractivity contribution is -0.134. The average Bonchev–Trinajstić information content (AvgIpc) is 2.33. The molecule has 0 saturated carbocycles. The molecule has 0 saturated heterocycles. The molecule has 0 spiro atoms. The minimum Gasteiger partial charge on any atom is -0.614 e. The summed E-state index contributed by atoms with van der Waals surface area (Å²) in [7, 11) is 0. The number of carboxylic acids is 1. The van der Waals surface area contributed by atoms with Crippen molar-refractivity contribution in [1.82, 2.24) is 0 Å². The maximum absolute atomic E-state index is 11.0. The van der Waals surface area contributed by atoms with Gasteiger partial charge in [0.1, 0.15) is 0 Å². The fourth-order valence-electron chi connectivity index (χ4n) is 0.633. The molecule has 0 aromatic carbocycles. The van der Waals surface area contributed by atoms with Crippen LogP contribution in [-0.4, -0.2) is 37.4 Å². The van der Waals surface area contributed by atoms with Gasteiger partial charge in [0.2, 0.25) is 5.75 Å². The summed E-state index contributed by atoms with van der Waals surface area (Å²) in [6, 6.07) is 0. The van der Waals surface area contributed by atoms with Crippen molar-refractivity contribution in [3.05, 3.63) is 0 Å². The van der Waals surface area contributed by atoms with Crippen molar-refractivity contribution in [1.29, 1.82) is 0 Å². The zero-order chi connectivity index (χ0) is 9.14. The lowest BCUT2D eigenvalue weighted by Crippen LogP contribution is -2.29. The smallest absolute Gasteiger partial charge is 0.353 e. The van der Waals surface area contributed by atoms with E-state index in [0.717, 1.165) is 11.8 Å². The van der Waals surface area contributed by atoms with Gasteiger partial charge in [0, 0.05) is 0 Å². The van der Waals surface area contributed by atoms with Crippen molar-refractivity contribution in [2.45, 2.75) is 5.37 Å². The highest BCUT2D eigenvalue weighted by atomic mass is 32.2. The van der Waals surface area contributed by atoms with Crippen LogP contribution in [0.2, 0.25) is 0 Å². The highest BCUT2D eigenvalue weighted by molar-refractivity contribution is 8.26. The lowest BCUT2D eigenvalue weighted by Gasteiger charge is -2.10. The van der Waals surface area contributed by atoms with Crippen LogP contribution in [0.15, 0.2) is 4.99 Å². The second-order valence-corrected chi connectivity index (χ2v) is 4.31. The summed E-state index contributed by atoms with van der Waals surface area (Å²) in [5.74, 6) is -1.72. The summed E-state index contributed by atoms with van der Waals surface area (Å²) in [6.45, 7) is 0. The van der Waals surface area contributed by atoms with E-state index in [1.165, 1.54) is 5.55 Å². The van der Waals surface area contributed by atoms with Crippen molar-refractivity contribution < 1.29 is 19.2 Å². The van der Waals surface area contributed by atoms with Gasteiger partial charge >= 0.3 is 5.97 Å². The molecule has 5 nitrogen and oxygen atoms in total. The number of carbonyl (C=O) groups is 2. The molecule has 1 aliphatic rings. The molecule has 0 fully saturated rings. The Balaban J connectivity index is 2.51. The van der Waals surface area contributed by atoms with Gasteiger partial charge in [-0.2, -0.15) is 0 Å². The number of aliphatic imine (C=N–C) groups is 1. The lowest BCUT2D eigenvalue weighted by atomic mass is 10.7. The number of thioether (sulfide) groups is 1. The van der Waals surface area contributed by atoms with E-state index in [4.69, 9.17) is 5.11 Å². The predicted molar refractivity (Wildman–Crippen MR) is 45.5 cm³/mol. The number of carbonyl (C=O) groups excluding carboxylic acids is 1. The molecule has 0 radical (unpaired) electrons. The van der Waals surface area contributed by atoms with Crippen LogP contribution in [0.5, 0.6) is 0 Å². The van der Waals surface area contributed by atoms with Crippen LogP contribution in [0.3, 0.4) is 0 Å². The van der Waals surface area contributed by atoms with E-state index in [2.05, 4.69) is 4.99 Å². The fraction of sp³-hybridized carbons (Fsp3) is 0.400. The molecule has 0 bridgehead atoms. The van der Waals surface area contributed by atoms with E-state index in [1.54, 1.807) is 0 Å². The molecule has 12 heavy (non-hydrogen) atoms. The van der Waals surface area contributed by atoms with Gasteiger partial charge in [0.05, 0.1) is 5.55 Å². The predicted octanol–water partition coefficient (Wildman–Crippen LogP) is -0.552. The molecule has 0 aromatic rings. The minimum absolute atomic E-state index is 0.352. The molecule has 1 rings (SSSR count). The van der Waals surface area contributed by atoms with Gasteiger partial charge < -0.3 is 9.66 Å². The number of rotatable bonds is 3. The monoisotopic (exact) mass is 207 g/mol. The number of hydrogen-bond acceptors (Lipinski definition) is 5. The third-order valence-electron chi connectivity index (χ3n) is 1.08. The van der Waals surface area contributed by atoms with Gasteiger partial charge in [-0.3, -0.25) is 4.79 Å². The van der Waals surface area contributed by atoms with Crippen molar-refractivity contribution in [2.24, 2.45) is 4.99 Å². The van der Waals surface area contributed by atoms with E-state index in [9.17, 15) is 14.1 Å². The topological polar surface area (TPSA) is 89.8 Å². The molecule has 2 unspecified atom stereocenters. The van der Waals surface area contributed by atoms with Crippen molar-refractivity contribution in [2.75, 3.05) is 5.75 Å². The molecule has 1 heterocycles. The first kappa shape index (κ1) is 9.56. The Kier molecular flexibility index (Phi) is 3.12. The Labute approximate surface area is 75.4 Å². The van der Waals surface area contributed by atoms with E-state index >= 15 is 0 Å². The SMILES string of the molecule is O=C(O)C[S+]([O-])C1N=CSC1=O. The first-order chi connectivity index (χ1) is 5.61. The van der Waals surface area contributed by atoms with Crippen molar-refractivity contribution in [3.63, 3.8) is 0 Å². The van der Waals surface area contributed by atoms with Crippen molar-refractivity contribution in [3.8, 4) is 0 Å². The van der Waals surface area contributed by atoms with Crippen LogP contribution in [0.25, 0.3) is 0 Å². The maximum Gasteiger partial charge on any atom is 0.353 e. The van der Waals surface area contributed by atoms with Gasteiger partial charge in [-0.25, -0.2) is 9.79 Å². The first-order valence-corrected chi connectivity index (χ1v) is 5.18. The summed E-state index contributed by atoms with van der Waals surface area (Å²) in [6.07, 6.45) is 0. The van der Waals surface area contributed by atoms with E-state index in [-0.39, 0.29) is 5.12 Å². The Bertz CT molecular complexity index is 242. The fourth-order valence-corrected chi connectivity index (χ4v) is 2.47. The Morgan fingerprint density at radius 3 is 3.00 bits per heavy atom. The molecule has 1 aliphatic heterocycles. The van der Waals surface area contributed by atoms with E-state index in [0.29, 0.717) is 0 Å². The normalized spacial score (nSPS) is 24.4. The molecule has 1 N–H and O–H groups in total. The minimum atomic E-state index is -1.72. The van der Waals surface area contributed by atoms with E-state index < -0.39 is 28.3 Å². The molecule has 0 aliphatic carbocycles. The summed E-state index contributed by atoms with van der Waals surface area (Å²) in [4.78, 5) is 24.6. The molecule has 0 aromatic heterocycles. The van der Waals surface area contributed by atoms with Crippen molar-refractivity contribution >= 4 is 39.6 Å². The summed E-state index contributed by atoms with van der Waals surface area (Å²) in [5.41, 5.74) is 1.28. The molecule has 2 atom stereocenters. The zero-order valence-corrected chi connectivity index (χ0v) is 7.43. The quantitative estimate of drug-likeness (QED) is 0.627. The third-order valence-corrected chi connectivity index (χ3v) is 3.28. The highest BCUT2D eigenvalue weighted by Crippen LogP contribution is 2.19. The largest absolute Gasteiger partial charge is 0.614 e.